The van der Waals surface area contributed by atoms with Crippen molar-refractivity contribution < 1.29 is 14.4 Å². The SMILES string of the molecule is Cc1ccc2c(c1C)NC(=O)[C@@]21N[C@@H](C(C)C)[C@H]2C(=O)N(Cc3ccccc3Cl)C(=O)[C@H]21. The predicted molar refractivity (Wildman–Crippen MR) is 122 cm³/mol. The monoisotopic (exact) mass is 451 g/mol. The summed E-state index contributed by atoms with van der Waals surface area (Å²) in [4.78, 5) is 42.2. The van der Waals surface area contributed by atoms with Gasteiger partial charge >= 0.3 is 0 Å². The highest BCUT2D eigenvalue weighted by Gasteiger charge is 2.70. The van der Waals surface area contributed by atoms with Gasteiger partial charge in [-0.25, -0.2) is 0 Å². The number of benzene rings is 2. The van der Waals surface area contributed by atoms with E-state index in [4.69, 9.17) is 11.6 Å². The van der Waals surface area contributed by atoms with Crippen LogP contribution >= 0.6 is 11.6 Å². The number of aryl methyl sites for hydroxylation is 1. The average Bonchev–Trinajstić information content (AvgIpc) is 3.34. The molecule has 3 aliphatic rings. The van der Waals surface area contributed by atoms with Crippen LogP contribution in [-0.2, 0) is 26.5 Å². The molecule has 7 heteroatoms. The van der Waals surface area contributed by atoms with Crippen LogP contribution in [0.25, 0.3) is 0 Å². The fourth-order valence-corrected chi connectivity index (χ4v) is 5.83. The average molecular weight is 452 g/mol. The Morgan fingerprint density at radius 1 is 1.06 bits per heavy atom. The molecule has 5 rings (SSSR count). The summed E-state index contributed by atoms with van der Waals surface area (Å²) < 4.78 is 0. The molecule has 2 aromatic rings. The second-order valence-electron chi connectivity index (χ2n) is 9.46. The van der Waals surface area contributed by atoms with Gasteiger partial charge in [0.1, 0.15) is 5.54 Å². The second kappa shape index (κ2) is 7.15. The number of halogens is 1. The number of likely N-dealkylation sites (tertiary alicyclic amines) is 1. The Balaban J connectivity index is 1.64. The first-order valence-corrected chi connectivity index (χ1v) is 11.3. The molecule has 3 heterocycles. The normalized spacial score (nSPS) is 28.6. The van der Waals surface area contributed by atoms with Gasteiger partial charge in [-0.3, -0.25) is 24.6 Å². The molecule has 0 aromatic heterocycles. The zero-order valence-electron chi connectivity index (χ0n) is 18.5. The number of hydrogen-bond acceptors (Lipinski definition) is 4. The van der Waals surface area contributed by atoms with Crippen LogP contribution in [0.15, 0.2) is 36.4 Å². The van der Waals surface area contributed by atoms with Crippen molar-refractivity contribution in [2.75, 3.05) is 5.32 Å². The number of imide groups is 1. The maximum absolute atomic E-state index is 13.8. The quantitative estimate of drug-likeness (QED) is 0.700. The second-order valence-corrected chi connectivity index (χ2v) is 9.87. The molecule has 2 fully saturated rings. The number of nitrogens with zero attached hydrogens (tertiary/aromatic N) is 1. The van der Waals surface area contributed by atoms with E-state index in [9.17, 15) is 14.4 Å². The fraction of sp³-hybridized carbons (Fsp3) is 0.400. The lowest BCUT2D eigenvalue weighted by molar-refractivity contribution is -0.143. The predicted octanol–water partition coefficient (Wildman–Crippen LogP) is 3.53. The molecule has 2 saturated heterocycles. The van der Waals surface area contributed by atoms with E-state index < -0.39 is 17.4 Å². The van der Waals surface area contributed by atoms with Crippen LogP contribution in [-0.4, -0.2) is 28.7 Å². The number of rotatable bonds is 3. The largest absolute Gasteiger partial charge is 0.324 e. The van der Waals surface area contributed by atoms with E-state index in [0.717, 1.165) is 22.4 Å². The van der Waals surface area contributed by atoms with Crippen molar-refractivity contribution in [1.29, 1.82) is 0 Å². The highest BCUT2D eigenvalue weighted by Crippen LogP contribution is 2.54. The Morgan fingerprint density at radius 2 is 1.78 bits per heavy atom. The zero-order valence-corrected chi connectivity index (χ0v) is 19.3. The molecule has 0 bridgehead atoms. The van der Waals surface area contributed by atoms with Crippen LogP contribution < -0.4 is 10.6 Å². The number of carbonyl (C=O) groups is 3. The molecule has 166 valence electrons. The first-order chi connectivity index (χ1) is 15.2. The highest BCUT2D eigenvalue weighted by atomic mass is 35.5. The Morgan fingerprint density at radius 3 is 2.47 bits per heavy atom. The number of amides is 3. The topological polar surface area (TPSA) is 78.5 Å². The highest BCUT2D eigenvalue weighted by molar-refractivity contribution is 6.31. The number of carbonyl (C=O) groups excluding carboxylic acids is 3. The third-order valence-electron chi connectivity index (χ3n) is 7.45. The van der Waals surface area contributed by atoms with Crippen molar-refractivity contribution in [3.05, 3.63) is 63.7 Å². The molecule has 0 unspecified atom stereocenters. The summed E-state index contributed by atoms with van der Waals surface area (Å²) in [5, 5.41) is 6.99. The number of anilines is 1. The van der Waals surface area contributed by atoms with Crippen molar-refractivity contribution in [2.24, 2.45) is 17.8 Å². The summed E-state index contributed by atoms with van der Waals surface area (Å²) in [6, 6.07) is 10.8. The minimum absolute atomic E-state index is 0.0577. The van der Waals surface area contributed by atoms with E-state index >= 15 is 0 Å². The van der Waals surface area contributed by atoms with Gasteiger partial charge in [0.2, 0.25) is 17.7 Å². The van der Waals surface area contributed by atoms with Gasteiger partial charge in [0, 0.05) is 22.3 Å². The summed E-state index contributed by atoms with van der Waals surface area (Å²) in [6.07, 6.45) is 0. The smallest absolute Gasteiger partial charge is 0.250 e. The lowest BCUT2D eigenvalue weighted by atomic mass is 9.75. The van der Waals surface area contributed by atoms with E-state index in [1.807, 2.05) is 58.0 Å². The van der Waals surface area contributed by atoms with Crippen LogP contribution in [0, 0.1) is 31.6 Å². The molecule has 4 atom stereocenters. The molecule has 1 spiro atoms. The summed E-state index contributed by atoms with van der Waals surface area (Å²) in [5.74, 6) is -2.18. The molecule has 2 aromatic carbocycles. The van der Waals surface area contributed by atoms with Crippen LogP contribution in [0.1, 0.15) is 36.1 Å². The van der Waals surface area contributed by atoms with Gasteiger partial charge in [-0.15, -0.1) is 0 Å². The van der Waals surface area contributed by atoms with Gasteiger partial charge in [0.25, 0.3) is 0 Å². The minimum Gasteiger partial charge on any atom is -0.324 e. The van der Waals surface area contributed by atoms with Gasteiger partial charge in [-0.1, -0.05) is 55.8 Å². The minimum atomic E-state index is -1.25. The number of fused-ring (bicyclic) bond motifs is 4. The maximum Gasteiger partial charge on any atom is 0.250 e. The lowest BCUT2D eigenvalue weighted by Crippen LogP contribution is -2.53. The maximum atomic E-state index is 13.8. The molecule has 0 aliphatic carbocycles. The van der Waals surface area contributed by atoms with E-state index in [-0.39, 0.29) is 36.2 Å². The Hall–Kier alpha value is -2.70. The van der Waals surface area contributed by atoms with Crippen molar-refractivity contribution in [3.8, 4) is 0 Å². The first kappa shape index (κ1) is 21.2. The summed E-state index contributed by atoms with van der Waals surface area (Å²) >= 11 is 6.32. The third kappa shape index (κ3) is 2.66. The van der Waals surface area contributed by atoms with Crippen LogP contribution in [0.2, 0.25) is 5.02 Å². The van der Waals surface area contributed by atoms with Crippen LogP contribution in [0.4, 0.5) is 5.69 Å². The van der Waals surface area contributed by atoms with Crippen molar-refractivity contribution in [2.45, 2.75) is 45.8 Å². The molecule has 2 N–H and O–H groups in total. The first-order valence-electron chi connectivity index (χ1n) is 11.0. The molecular weight excluding hydrogens is 426 g/mol. The van der Waals surface area contributed by atoms with E-state index in [0.29, 0.717) is 10.6 Å². The summed E-state index contributed by atoms with van der Waals surface area (Å²) in [7, 11) is 0. The summed E-state index contributed by atoms with van der Waals surface area (Å²) in [6.45, 7) is 8.08. The molecule has 0 radical (unpaired) electrons. The van der Waals surface area contributed by atoms with Gasteiger partial charge in [-0.2, -0.15) is 0 Å². The Labute approximate surface area is 192 Å². The number of nitrogens with one attached hydrogen (secondary N) is 2. The van der Waals surface area contributed by atoms with Gasteiger partial charge in [0.05, 0.1) is 18.4 Å². The van der Waals surface area contributed by atoms with Gasteiger partial charge in [-0.05, 0) is 42.5 Å². The van der Waals surface area contributed by atoms with Crippen molar-refractivity contribution in [3.63, 3.8) is 0 Å². The van der Waals surface area contributed by atoms with Crippen LogP contribution in [0.5, 0.6) is 0 Å². The Kier molecular flexibility index (Phi) is 4.73. The fourth-order valence-electron chi connectivity index (χ4n) is 5.64. The molecule has 0 saturated carbocycles. The zero-order chi connectivity index (χ0) is 22.9. The van der Waals surface area contributed by atoms with Crippen LogP contribution in [0.3, 0.4) is 0 Å². The van der Waals surface area contributed by atoms with E-state index in [1.54, 1.807) is 6.07 Å². The van der Waals surface area contributed by atoms with Gasteiger partial charge in [0.15, 0.2) is 0 Å². The van der Waals surface area contributed by atoms with E-state index in [2.05, 4.69) is 10.6 Å². The third-order valence-corrected chi connectivity index (χ3v) is 7.82. The van der Waals surface area contributed by atoms with E-state index in [1.165, 1.54) is 4.90 Å². The van der Waals surface area contributed by atoms with Crippen molar-refractivity contribution >= 4 is 35.0 Å². The molecular formula is C25H26ClN3O3. The molecule has 3 aliphatic heterocycles. The molecule has 32 heavy (non-hydrogen) atoms. The lowest BCUT2D eigenvalue weighted by Gasteiger charge is -2.30. The Bertz CT molecular complexity index is 1180. The summed E-state index contributed by atoms with van der Waals surface area (Å²) in [5.41, 5.74) is 2.99. The van der Waals surface area contributed by atoms with Gasteiger partial charge < -0.3 is 5.32 Å². The standard InChI is InChI=1S/C25H26ClN3O3/c1-12(2)20-18-19(23(31)29(22(18)30)11-15-7-5-6-8-17(15)26)25(28-20)16-10-9-13(3)14(4)21(16)27-24(25)32/h5-10,12,18-20,28H,11H2,1-4H3,(H,27,32)/t18-,19-,20-,25+/m0/s1. The molecule has 6 nitrogen and oxygen atoms in total. The van der Waals surface area contributed by atoms with Crippen molar-refractivity contribution in [1.82, 2.24) is 10.2 Å². The number of hydrogen-bond donors (Lipinski definition) is 2. The molecule has 3 amide bonds.